The summed E-state index contributed by atoms with van der Waals surface area (Å²) in [6.07, 6.45) is 4.83. The Balaban J connectivity index is 1.30. The quantitative estimate of drug-likeness (QED) is 0.377. The third-order valence-corrected chi connectivity index (χ3v) is 9.11. The van der Waals surface area contributed by atoms with Crippen molar-refractivity contribution in [2.24, 2.45) is 0 Å². The third-order valence-electron chi connectivity index (χ3n) is 8.11. The van der Waals surface area contributed by atoms with Crippen molar-refractivity contribution in [3.05, 3.63) is 95.7 Å². The Morgan fingerprint density at radius 3 is 2.59 bits per heavy atom. The van der Waals surface area contributed by atoms with Crippen LogP contribution in [0.15, 0.2) is 79.0 Å². The number of hydrogen-bond acceptors (Lipinski definition) is 4. The summed E-state index contributed by atoms with van der Waals surface area (Å²) >= 11 is 0. The molecule has 6 heteroatoms. The largest absolute Gasteiger partial charge is 0.494 e. The van der Waals surface area contributed by atoms with Crippen molar-refractivity contribution < 1.29 is 9.53 Å². The number of ether oxygens (including phenoxy) is 1. The number of amides is 1. The Kier molecular flexibility index (Phi) is 6.09. The molecule has 2 aliphatic rings. The molecular formula is C31H33N3O2Si. The lowest BCUT2D eigenvalue weighted by atomic mass is 9.93. The molecule has 4 aromatic rings. The molecule has 1 aliphatic carbocycles. The molecule has 2 heterocycles. The second kappa shape index (κ2) is 9.43. The van der Waals surface area contributed by atoms with Crippen LogP contribution in [0.25, 0.3) is 22.0 Å². The van der Waals surface area contributed by atoms with E-state index in [1.807, 2.05) is 43.5 Å². The van der Waals surface area contributed by atoms with E-state index in [-0.39, 0.29) is 17.2 Å². The molecule has 1 saturated carbocycles. The minimum atomic E-state index is -0.388. The molecule has 1 N–H and O–H groups in total. The number of aromatic nitrogens is 1. The van der Waals surface area contributed by atoms with Crippen LogP contribution in [-0.2, 0) is 5.54 Å². The van der Waals surface area contributed by atoms with E-state index in [0.29, 0.717) is 11.6 Å². The number of carbonyl (C=O) groups is 1. The number of carbonyl (C=O) groups excluding carboxylic acids is 1. The molecule has 0 bridgehead atoms. The standard InChI is InChI=1S/C31H33N3O2Si/c1-20-10-11-23(36-30(37)28-12-16-34(28)2)19-25(20)29(35)33-31(13-14-31)26-17-22(21-7-4-3-5-8-21)18-27-24(26)9-6-15-32-27/h3-11,15,17-19,28,30H,12-14,16H2,1-2,37H3,(H,33,35)/t28-,30-/m0/s1. The summed E-state index contributed by atoms with van der Waals surface area (Å²) in [7, 11) is 3.10. The van der Waals surface area contributed by atoms with Crippen LogP contribution in [0.4, 0.5) is 0 Å². The highest BCUT2D eigenvalue weighted by Crippen LogP contribution is 2.49. The van der Waals surface area contributed by atoms with E-state index in [9.17, 15) is 4.79 Å². The molecule has 0 spiro atoms. The van der Waals surface area contributed by atoms with E-state index in [1.54, 1.807) is 0 Å². The number of fused-ring (bicyclic) bond motifs is 1. The van der Waals surface area contributed by atoms with Crippen LogP contribution in [0.3, 0.4) is 0 Å². The van der Waals surface area contributed by atoms with Gasteiger partial charge in [-0.3, -0.25) is 9.78 Å². The first-order valence-electron chi connectivity index (χ1n) is 13.2. The van der Waals surface area contributed by atoms with Gasteiger partial charge >= 0.3 is 0 Å². The Bertz CT molecular complexity index is 1470. The highest BCUT2D eigenvalue weighted by atomic mass is 28.1. The maximum absolute atomic E-state index is 13.7. The summed E-state index contributed by atoms with van der Waals surface area (Å²) < 4.78 is 6.32. The lowest BCUT2D eigenvalue weighted by Gasteiger charge is -2.41. The van der Waals surface area contributed by atoms with Gasteiger partial charge in [0.15, 0.2) is 0 Å². The van der Waals surface area contributed by atoms with Crippen LogP contribution in [0, 0.1) is 6.92 Å². The highest BCUT2D eigenvalue weighted by molar-refractivity contribution is 6.11. The number of nitrogens with one attached hydrogen (secondary N) is 1. The van der Waals surface area contributed by atoms with Crippen LogP contribution >= 0.6 is 0 Å². The Morgan fingerprint density at radius 2 is 1.89 bits per heavy atom. The number of hydrogen-bond donors (Lipinski definition) is 1. The first-order chi connectivity index (χ1) is 17.9. The van der Waals surface area contributed by atoms with Gasteiger partial charge in [-0.1, -0.05) is 42.5 Å². The molecule has 37 heavy (non-hydrogen) atoms. The third kappa shape index (κ3) is 4.56. The van der Waals surface area contributed by atoms with Gasteiger partial charge in [-0.2, -0.15) is 0 Å². The molecule has 0 radical (unpaired) electrons. The molecule has 2 fully saturated rings. The topological polar surface area (TPSA) is 54.5 Å². The molecule has 6 rings (SSSR count). The van der Waals surface area contributed by atoms with Gasteiger partial charge in [-0.15, -0.1) is 0 Å². The lowest BCUT2D eigenvalue weighted by Crippen LogP contribution is -2.53. The van der Waals surface area contributed by atoms with Gasteiger partial charge in [0.25, 0.3) is 5.91 Å². The van der Waals surface area contributed by atoms with E-state index >= 15 is 0 Å². The lowest BCUT2D eigenvalue weighted by molar-refractivity contribution is 0.0562. The van der Waals surface area contributed by atoms with E-state index in [0.717, 1.165) is 68.5 Å². The zero-order valence-electron chi connectivity index (χ0n) is 21.7. The Labute approximate surface area is 221 Å². The van der Waals surface area contributed by atoms with Crippen molar-refractivity contribution in [2.75, 3.05) is 13.6 Å². The molecule has 5 nitrogen and oxygen atoms in total. The number of rotatable bonds is 7. The van der Waals surface area contributed by atoms with Gasteiger partial charge in [-0.25, -0.2) is 0 Å². The number of aryl methyl sites for hydroxylation is 1. The van der Waals surface area contributed by atoms with Crippen molar-refractivity contribution in [3.63, 3.8) is 0 Å². The molecule has 1 saturated heterocycles. The van der Waals surface area contributed by atoms with Crippen LogP contribution in [0.2, 0.25) is 0 Å². The summed E-state index contributed by atoms with van der Waals surface area (Å²) in [5.74, 6) is 0.731. The predicted molar refractivity (Wildman–Crippen MR) is 152 cm³/mol. The van der Waals surface area contributed by atoms with Crippen molar-refractivity contribution in [3.8, 4) is 16.9 Å². The van der Waals surface area contributed by atoms with Crippen LogP contribution in [-0.4, -0.2) is 51.4 Å². The number of pyridine rings is 1. The van der Waals surface area contributed by atoms with Gasteiger partial charge in [0.1, 0.15) is 5.75 Å². The van der Waals surface area contributed by atoms with E-state index in [2.05, 4.69) is 64.7 Å². The predicted octanol–water partition coefficient (Wildman–Crippen LogP) is 4.40. The van der Waals surface area contributed by atoms with Crippen molar-refractivity contribution >= 4 is 27.1 Å². The average Bonchev–Trinajstić information content (AvgIpc) is 3.68. The maximum Gasteiger partial charge on any atom is 0.252 e. The van der Waals surface area contributed by atoms with Gasteiger partial charge in [0.2, 0.25) is 0 Å². The van der Waals surface area contributed by atoms with E-state index in [1.165, 1.54) is 6.42 Å². The van der Waals surface area contributed by atoms with E-state index in [4.69, 9.17) is 4.74 Å². The van der Waals surface area contributed by atoms with Gasteiger partial charge in [0, 0.05) is 23.2 Å². The monoisotopic (exact) mass is 507 g/mol. The van der Waals surface area contributed by atoms with Crippen LogP contribution in [0.1, 0.15) is 40.7 Å². The van der Waals surface area contributed by atoms with Crippen molar-refractivity contribution in [1.29, 1.82) is 0 Å². The minimum Gasteiger partial charge on any atom is -0.494 e. The molecule has 188 valence electrons. The fourth-order valence-corrected chi connectivity index (χ4v) is 6.70. The van der Waals surface area contributed by atoms with Crippen molar-refractivity contribution in [2.45, 2.75) is 43.5 Å². The number of likely N-dealkylation sites (N-methyl/N-ethyl adjacent to an activating group) is 1. The SMILES string of the molecule is Cc1ccc(O[C@@H]([SiH3])[C@@H]2CCN2C)cc1C(=O)NC1(c2cc(-c3ccccc3)cc3ncccc23)CC1. The van der Waals surface area contributed by atoms with Gasteiger partial charge in [0.05, 0.1) is 27.0 Å². The van der Waals surface area contributed by atoms with E-state index < -0.39 is 0 Å². The normalized spacial score (nSPS) is 19.2. The first kappa shape index (κ1) is 23.9. The highest BCUT2D eigenvalue weighted by Gasteiger charge is 2.47. The molecular weight excluding hydrogens is 474 g/mol. The fraction of sp³-hybridized carbons (Fsp3) is 0.290. The smallest absolute Gasteiger partial charge is 0.252 e. The summed E-state index contributed by atoms with van der Waals surface area (Å²) in [5.41, 5.74) is 5.82. The second-order valence-electron chi connectivity index (χ2n) is 10.6. The second-order valence-corrected chi connectivity index (χ2v) is 11.8. The zero-order valence-corrected chi connectivity index (χ0v) is 23.7. The van der Waals surface area contributed by atoms with Gasteiger partial charge in [-0.05, 0) is 92.4 Å². The van der Waals surface area contributed by atoms with Gasteiger partial charge < -0.3 is 15.0 Å². The minimum absolute atomic E-state index is 0.0479. The molecule has 3 aromatic carbocycles. The summed E-state index contributed by atoms with van der Waals surface area (Å²) in [5, 5.41) is 4.52. The molecule has 2 atom stereocenters. The number of likely N-dealkylation sites (tertiary alicyclic amines) is 1. The Hall–Kier alpha value is -3.48. The summed E-state index contributed by atoms with van der Waals surface area (Å²) in [4.78, 5) is 20.7. The average molecular weight is 508 g/mol. The fourth-order valence-electron chi connectivity index (χ4n) is 5.59. The number of benzene rings is 3. The molecule has 1 amide bonds. The summed E-state index contributed by atoms with van der Waals surface area (Å²) in [6, 6.07) is 25.2. The van der Waals surface area contributed by atoms with Crippen LogP contribution < -0.4 is 10.1 Å². The number of nitrogens with zero attached hydrogens (tertiary/aromatic N) is 2. The molecule has 1 aromatic heterocycles. The Morgan fingerprint density at radius 1 is 1.08 bits per heavy atom. The first-order valence-corrected chi connectivity index (χ1v) is 14.3. The van der Waals surface area contributed by atoms with Crippen LogP contribution in [0.5, 0.6) is 5.75 Å². The molecule has 0 unspecified atom stereocenters. The summed E-state index contributed by atoms with van der Waals surface area (Å²) in [6.45, 7) is 3.12. The zero-order chi connectivity index (χ0) is 25.6. The van der Waals surface area contributed by atoms with Crippen molar-refractivity contribution in [1.82, 2.24) is 15.2 Å². The maximum atomic E-state index is 13.7. The molecule has 1 aliphatic heterocycles.